The Morgan fingerprint density at radius 2 is 1.06 bits per heavy atom. The molecule has 31 heavy (non-hydrogen) atoms. The molecule has 0 atom stereocenters. The summed E-state index contributed by atoms with van der Waals surface area (Å²) in [5.41, 5.74) is -3.33. The van der Waals surface area contributed by atoms with Gasteiger partial charge in [-0.15, -0.1) is 20.5 Å². The molecule has 0 amide bonds. The zero-order valence-corrected chi connectivity index (χ0v) is 15.9. The van der Waals surface area contributed by atoms with Crippen LogP contribution in [0.1, 0.15) is 28.7 Å². The predicted octanol–water partition coefficient (Wildman–Crippen LogP) is 6.20. The number of alkyl halides is 6. The summed E-state index contributed by atoms with van der Waals surface area (Å²) in [6.07, 6.45) is -7.87. The van der Waals surface area contributed by atoms with Crippen LogP contribution < -0.4 is 0 Å². The second-order valence-electron chi connectivity index (χ2n) is 7.29. The van der Waals surface area contributed by atoms with Crippen molar-refractivity contribution in [3.05, 3.63) is 70.8 Å². The van der Waals surface area contributed by atoms with Gasteiger partial charge in [-0.3, -0.25) is 0 Å². The standard InChI is InChI=1S/C20H16F6N4O/c21-19(22,23)17(27-28-17)15-7-3-13(4-8-15)2-1-11-31-12-14-5-9-16(10-6-14)18(29-30-18)20(24,25)26/h3-10H,1-2,11-12H2. The van der Waals surface area contributed by atoms with Gasteiger partial charge < -0.3 is 4.74 Å². The van der Waals surface area contributed by atoms with Crippen LogP contribution in [0.3, 0.4) is 0 Å². The van der Waals surface area contributed by atoms with E-state index in [4.69, 9.17) is 4.74 Å². The third-order valence-electron chi connectivity index (χ3n) is 5.13. The van der Waals surface area contributed by atoms with Gasteiger partial charge in [0, 0.05) is 17.7 Å². The molecule has 2 aliphatic heterocycles. The summed E-state index contributed by atoms with van der Waals surface area (Å²) in [4.78, 5) is 0. The molecule has 0 radical (unpaired) electrons. The molecule has 4 rings (SSSR count). The number of nitrogens with zero attached hydrogens (tertiary/aromatic N) is 4. The van der Waals surface area contributed by atoms with Crippen LogP contribution in [-0.4, -0.2) is 19.0 Å². The minimum absolute atomic E-state index is 0.0115. The minimum atomic E-state index is -4.56. The van der Waals surface area contributed by atoms with E-state index in [1.165, 1.54) is 36.4 Å². The van der Waals surface area contributed by atoms with Crippen molar-refractivity contribution in [3.8, 4) is 0 Å². The maximum atomic E-state index is 13.0. The third-order valence-corrected chi connectivity index (χ3v) is 5.13. The highest BCUT2D eigenvalue weighted by Crippen LogP contribution is 2.53. The summed E-state index contributed by atoms with van der Waals surface area (Å²) >= 11 is 0. The van der Waals surface area contributed by atoms with E-state index in [1.807, 2.05) is 0 Å². The first-order chi connectivity index (χ1) is 14.6. The van der Waals surface area contributed by atoms with Crippen molar-refractivity contribution in [2.24, 2.45) is 20.5 Å². The van der Waals surface area contributed by atoms with Gasteiger partial charge >= 0.3 is 23.7 Å². The summed E-state index contributed by atoms with van der Waals surface area (Å²) in [5.74, 6) is 0. The summed E-state index contributed by atoms with van der Waals surface area (Å²) < 4.78 is 83.4. The molecule has 0 spiro atoms. The smallest absolute Gasteiger partial charge is 0.377 e. The number of hydrogen-bond donors (Lipinski definition) is 0. The first-order valence-electron chi connectivity index (χ1n) is 9.36. The fourth-order valence-electron chi connectivity index (χ4n) is 3.19. The van der Waals surface area contributed by atoms with Gasteiger partial charge in [-0.05, 0) is 24.0 Å². The first-order valence-corrected chi connectivity index (χ1v) is 9.36. The lowest BCUT2D eigenvalue weighted by molar-refractivity contribution is -0.166. The van der Waals surface area contributed by atoms with Gasteiger partial charge in [0.2, 0.25) is 0 Å². The highest BCUT2D eigenvalue weighted by atomic mass is 19.4. The molecule has 2 heterocycles. The van der Waals surface area contributed by atoms with Crippen LogP contribution >= 0.6 is 0 Å². The van der Waals surface area contributed by atoms with Crippen LogP contribution in [0.25, 0.3) is 0 Å². The first kappa shape index (κ1) is 21.4. The Morgan fingerprint density at radius 1 is 0.645 bits per heavy atom. The van der Waals surface area contributed by atoms with E-state index in [-0.39, 0.29) is 17.7 Å². The van der Waals surface area contributed by atoms with E-state index in [0.717, 1.165) is 5.56 Å². The molecule has 0 N–H and O–H groups in total. The summed E-state index contributed by atoms with van der Waals surface area (Å²) in [6, 6.07) is 11.7. The van der Waals surface area contributed by atoms with Crippen molar-refractivity contribution >= 4 is 0 Å². The maximum Gasteiger partial charge on any atom is 0.442 e. The number of benzene rings is 2. The molecule has 2 aromatic rings. The third kappa shape index (κ3) is 4.06. The van der Waals surface area contributed by atoms with Crippen molar-refractivity contribution in [2.45, 2.75) is 43.1 Å². The number of halogens is 6. The zero-order chi connectivity index (χ0) is 22.3. The van der Waals surface area contributed by atoms with Crippen LogP contribution in [0.4, 0.5) is 26.3 Å². The quantitative estimate of drug-likeness (QED) is 0.355. The van der Waals surface area contributed by atoms with E-state index < -0.39 is 23.7 Å². The topological polar surface area (TPSA) is 58.7 Å². The van der Waals surface area contributed by atoms with Gasteiger partial charge in [-0.1, -0.05) is 48.5 Å². The van der Waals surface area contributed by atoms with Gasteiger partial charge in [0.1, 0.15) is 0 Å². The molecule has 2 aliphatic rings. The number of ether oxygens (including phenoxy) is 1. The SMILES string of the molecule is FC(F)(F)C1(c2ccc(CCCOCc3ccc(C4(C(F)(F)F)N=N4)cc3)cc2)N=N1. The lowest BCUT2D eigenvalue weighted by Crippen LogP contribution is -2.30. The van der Waals surface area contributed by atoms with Crippen molar-refractivity contribution in [3.63, 3.8) is 0 Å². The summed E-state index contributed by atoms with van der Waals surface area (Å²) in [7, 11) is 0. The van der Waals surface area contributed by atoms with Crippen molar-refractivity contribution in [2.75, 3.05) is 6.61 Å². The predicted molar refractivity (Wildman–Crippen MR) is 96.0 cm³/mol. The van der Waals surface area contributed by atoms with E-state index in [2.05, 4.69) is 20.5 Å². The second kappa shape index (κ2) is 7.40. The Labute approximate surface area is 172 Å². The van der Waals surface area contributed by atoms with Crippen LogP contribution in [0, 0.1) is 0 Å². The molecule has 0 saturated carbocycles. The van der Waals surface area contributed by atoms with E-state index in [9.17, 15) is 26.3 Å². The number of aryl methyl sites for hydroxylation is 1. The van der Waals surface area contributed by atoms with Crippen LogP contribution in [0.2, 0.25) is 0 Å². The molecule has 0 aliphatic carbocycles. The molecule has 5 nitrogen and oxygen atoms in total. The Morgan fingerprint density at radius 3 is 1.45 bits per heavy atom. The minimum Gasteiger partial charge on any atom is -0.377 e. The second-order valence-corrected chi connectivity index (χ2v) is 7.29. The summed E-state index contributed by atoms with van der Waals surface area (Å²) in [5, 5.41) is 12.7. The van der Waals surface area contributed by atoms with Gasteiger partial charge in [-0.2, -0.15) is 26.3 Å². The Hall–Kier alpha value is -2.82. The van der Waals surface area contributed by atoms with E-state index in [0.29, 0.717) is 25.0 Å². The van der Waals surface area contributed by atoms with Gasteiger partial charge in [0.05, 0.1) is 6.61 Å². The van der Waals surface area contributed by atoms with Crippen molar-refractivity contribution in [1.29, 1.82) is 0 Å². The number of rotatable bonds is 8. The van der Waals surface area contributed by atoms with Crippen LogP contribution in [0.15, 0.2) is 69.0 Å². The normalized spacial score (nSPS) is 18.3. The maximum absolute atomic E-state index is 13.0. The van der Waals surface area contributed by atoms with Crippen molar-refractivity contribution in [1.82, 2.24) is 0 Å². The number of hydrogen-bond acceptors (Lipinski definition) is 5. The van der Waals surface area contributed by atoms with E-state index in [1.54, 1.807) is 12.1 Å². The molecular formula is C20H16F6N4O. The van der Waals surface area contributed by atoms with Crippen LogP contribution in [-0.2, 0) is 29.1 Å². The monoisotopic (exact) mass is 442 g/mol. The van der Waals surface area contributed by atoms with Gasteiger partial charge in [0.25, 0.3) is 0 Å². The lowest BCUT2D eigenvalue weighted by atomic mass is 10.00. The summed E-state index contributed by atoms with van der Waals surface area (Å²) in [6.45, 7) is 0.613. The van der Waals surface area contributed by atoms with Gasteiger partial charge in [-0.25, -0.2) is 0 Å². The molecule has 2 aromatic carbocycles. The van der Waals surface area contributed by atoms with E-state index >= 15 is 0 Å². The fourth-order valence-corrected chi connectivity index (χ4v) is 3.19. The molecule has 0 bridgehead atoms. The van der Waals surface area contributed by atoms with Crippen LogP contribution in [0.5, 0.6) is 0 Å². The molecule has 0 unspecified atom stereocenters. The zero-order valence-electron chi connectivity index (χ0n) is 15.9. The molecule has 0 aromatic heterocycles. The Balaban J connectivity index is 1.21. The molecular weight excluding hydrogens is 426 g/mol. The average molecular weight is 442 g/mol. The average Bonchev–Trinajstić information content (AvgIpc) is 3.61. The highest BCUT2D eigenvalue weighted by Gasteiger charge is 2.65. The van der Waals surface area contributed by atoms with Crippen molar-refractivity contribution < 1.29 is 31.1 Å². The highest BCUT2D eigenvalue weighted by molar-refractivity contribution is 5.33. The largest absolute Gasteiger partial charge is 0.442 e. The fraction of sp³-hybridized carbons (Fsp3) is 0.400. The molecule has 11 heteroatoms. The Kier molecular flexibility index (Phi) is 5.11. The molecule has 0 fully saturated rings. The molecule has 0 saturated heterocycles. The molecule has 164 valence electrons. The lowest BCUT2D eigenvalue weighted by Gasteiger charge is -2.15. The Bertz CT molecular complexity index is 903. The van der Waals surface area contributed by atoms with Gasteiger partial charge in [0.15, 0.2) is 0 Å².